The van der Waals surface area contributed by atoms with Gasteiger partial charge in [-0.1, -0.05) is 24.3 Å². The molecule has 6 rings (SSSR count). The summed E-state index contributed by atoms with van der Waals surface area (Å²) in [6, 6.07) is 24.7. The van der Waals surface area contributed by atoms with Crippen LogP contribution in [0.15, 0.2) is 103 Å². The van der Waals surface area contributed by atoms with Gasteiger partial charge in [0.1, 0.15) is 22.9 Å². The Morgan fingerprint density at radius 2 is 1.57 bits per heavy atom. The highest BCUT2D eigenvalue weighted by molar-refractivity contribution is 6.05. The molecule has 0 fully saturated rings. The lowest BCUT2D eigenvalue weighted by Gasteiger charge is -2.11. The van der Waals surface area contributed by atoms with Gasteiger partial charge in [-0.3, -0.25) is 9.59 Å². The fourth-order valence-electron chi connectivity index (χ4n) is 4.92. The van der Waals surface area contributed by atoms with Crippen LogP contribution in [0.2, 0.25) is 0 Å². The first-order chi connectivity index (χ1) is 22.2. The minimum Gasteiger partial charge on any atom is -0.325 e. The molecule has 0 aliphatic rings. The van der Waals surface area contributed by atoms with Crippen LogP contribution in [0.5, 0.6) is 0 Å². The average Bonchev–Trinajstić information content (AvgIpc) is 3.42. The van der Waals surface area contributed by atoms with Crippen molar-refractivity contribution in [1.29, 1.82) is 0 Å². The lowest BCUT2D eigenvalue weighted by atomic mass is 10.0. The molecule has 46 heavy (non-hydrogen) atoms. The highest BCUT2D eigenvalue weighted by Crippen LogP contribution is 2.35. The van der Waals surface area contributed by atoms with E-state index in [1.54, 1.807) is 52.0 Å². The Morgan fingerprint density at radius 3 is 2.33 bits per heavy atom. The molecule has 0 aliphatic heterocycles. The first-order valence-electron chi connectivity index (χ1n) is 14.2. The lowest BCUT2D eigenvalue weighted by molar-refractivity contribution is -0.116. The van der Waals surface area contributed by atoms with Crippen molar-refractivity contribution in [3.63, 3.8) is 0 Å². The number of fused-ring (bicyclic) bond motifs is 1. The van der Waals surface area contributed by atoms with Crippen LogP contribution in [0.3, 0.4) is 0 Å². The Morgan fingerprint density at radius 1 is 0.826 bits per heavy atom. The van der Waals surface area contributed by atoms with Crippen LogP contribution in [-0.4, -0.2) is 56.9 Å². The zero-order valence-electron chi connectivity index (χ0n) is 24.8. The number of hydrogen-bond acceptors (Lipinski definition) is 7. The molecular weight excluding hydrogens is 590 g/mol. The van der Waals surface area contributed by atoms with E-state index in [4.69, 9.17) is 10.1 Å². The summed E-state index contributed by atoms with van der Waals surface area (Å²) in [6.45, 7) is 0.277. The van der Waals surface area contributed by atoms with Crippen molar-refractivity contribution in [1.82, 2.24) is 24.5 Å². The van der Waals surface area contributed by atoms with Crippen LogP contribution >= 0.6 is 0 Å². The molecule has 6 aromatic rings. The molecule has 2 amide bonds. The van der Waals surface area contributed by atoms with Crippen LogP contribution in [0, 0.1) is 11.6 Å². The van der Waals surface area contributed by atoms with Gasteiger partial charge in [0.05, 0.1) is 23.3 Å². The number of pyridine rings is 1. The number of hydrogen-bond donors (Lipinski definition) is 3. The smallest absolute Gasteiger partial charge is 0.261 e. The summed E-state index contributed by atoms with van der Waals surface area (Å²) in [5, 5.41) is 13.4. The summed E-state index contributed by atoms with van der Waals surface area (Å²) in [5.41, 5.74) is 4.36. The summed E-state index contributed by atoms with van der Waals surface area (Å²) < 4.78 is 30.2. The van der Waals surface area contributed by atoms with E-state index in [9.17, 15) is 18.4 Å². The van der Waals surface area contributed by atoms with Crippen LogP contribution in [0.25, 0.3) is 28.0 Å². The van der Waals surface area contributed by atoms with Crippen molar-refractivity contribution >= 4 is 40.3 Å². The maximum Gasteiger partial charge on any atom is 0.261 e. The number of amides is 2. The second-order valence-corrected chi connectivity index (χ2v) is 10.6. The van der Waals surface area contributed by atoms with E-state index in [-0.39, 0.29) is 12.5 Å². The molecule has 0 spiro atoms. The molecule has 0 unspecified atom stereocenters. The third-order valence-electron chi connectivity index (χ3n) is 6.92. The minimum absolute atomic E-state index is 0.113. The van der Waals surface area contributed by atoms with Gasteiger partial charge in [-0.15, -0.1) is 0 Å². The van der Waals surface area contributed by atoms with Gasteiger partial charge in [-0.25, -0.2) is 23.3 Å². The number of halogens is 2. The highest BCUT2D eigenvalue weighted by Gasteiger charge is 2.20. The van der Waals surface area contributed by atoms with Crippen molar-refractivity contribution in [2.45, 2.75) is 0 Å². The number of likely N-dealkylation sites (N-methyl/N-ethyl adjacent to an activating group) is 1. The van der Waals surface area contributed by atoms with Gasteiger partial charge in [0.15, 0.2) is 0 Å². The van der Waals surface area contributed by atoms with Crippen LogP contribution in [-0.2, 0) is 4.79 Å². The molecule has 3 N–H and O–H groups in total. The van der Waals surface area contributed by atoms with Crippen molar-refractivity contribution < 1.29 is 18.4 Å². The van der Waals surface area contributed by atoms with E-state index in [2.05, 4.69) is 20.9 Å². The molecule has 0 saturated carbocycles. The number of carbonyl (C=O) groups excluding carboxylic acids is 2. The summed E-state index contributed by atoms with van der Waals surface area (Å²) >= 11 is 0. The predicted molar refractivity (Wildman–Crippen MR) is 173 cm³/mol. The van der Waals surface area contributed by atoms with E-state index in [0.29, 0.717) is 39.8 Å². The molecule has 0 radical (unpaired) electrons. The number of carbonyl (C=O) groups is 2. The van der Waals surface area contributed by atoms with Gasteiger partial charge >= 0.3 is 0 Å². The molecule has 0 aliphatic carbocycles. The molecule has 12 heteroatoms. The van der Waals surface area contributed by atoms with Crippen molar-refractivity contribution in [2.75, 3.05) is 36.6 Å². The Balaban J connectivity index is 1.29. The number of nitrogens with one attached hydrogen (secondary N) is 3. The maximum atomic E-state index is 14.2. The monoisotopic (exact) mass is 618 g/mol. The molecule has 0 saturated heterocycles. The molecule has 3 aromatic carbocycles. The average molecular weight is 619 g/mol. The number of rotatable bonds is 9. The molecule has 0 bridgehead atoms. The zero-order valence-corrected chi connectivity index (χ0v) is 24.8. The van der Waals surface area contributed by atoms with E-state index in [1.807, 2.05) is 56.7 Å². The highest BCUT2D eigenvalue weighted by atomic mass is 19.1. The van der Waals surface area contributed by atoms with Crippen LogP contribution in [0.1, 0.15) is 10.4 Å². The number of nitrogens with zero attached hydrogens (tertiary/aromatic N) is 5. The fraction of sp³-hybridized carbons (Fsp3) is 0.0882. The zero-order chi connectivity index (χ0) is 32.2. The second-order valence-electron chi connectivity index (χ2n) is 10.6. The largest absolute Gasteiger partial charge is 0.325 e. The fourth-order valence-corrected chi connectivity index (χ4v) is 4.92. The van der Waals surface area contributed by atoms with Crippen molar-refractivity contribution in [2.24, 2.45) is 0 Å². The normalized spacial score (nSPS) is 11.1. The Bertz CT molecular complexity index is 2040. The standard InChI is InChI=1S/C34H28F2N8O2/c1-43(2)20-29(45)38-22-12-14-23(15-13-22)40-34-37-17-16-27(41-34)31-28-11-3-4-18-44(28)42-32(31)21-7-5-8-24(19-21)39-33(46)30-25(35)9-6-10-26(30)36/h3-19H,20H2,1-2H3,(H,38,45)(H,39,46)(H,37,40,41). The Kier molecular flexibility index (Phi) is 8.44. The van der Waals surface area contributed by atoms with Gasteiger partial charge in [-0.2, -0.15) is 5.10 Å². The summed E-state index contributed by atoms with van der Waals surface area (Å²) in [6.07, 6.45) is 3.45. The van der Waals surface area contributed by atoms with Crippen LogP contribution < -0.4 is 16.0 Å². The number of anilines is 4. The number of aromatic nitrogens is 4. The summed E-state index contributed by atoms with van der Waals surface area (Å²) in [7, 11) is 3.65. The first kappa shape index (κ1) is 30.0. The molecule has 3 heterocycles. The Hall–Kier alpha value is -6.01. The third-order valence-corrected chi connectivity index (χ3v) is 6.92. The lowest BCUT2D eigenvalue weighted by Crippen LogP contribution is -2.27. The van der Waals surface area contributed by atoms with E-state index in [0.717, 1.165) is 23.3 Å². The minimum atomic E-state index is -0.952. The predicted octanol–water partition coefficient (Wildman–Crippen LogP) is 6.23. The van der Waals surface area contributed by atoms with E-state index < -0.39 is 23.1 Å². The van der Waals surface area contributed by atoms with Crippen LogP contribution in [0.4, 0.5) is 31.8 Å². The quantitative estimate of drug-likeness (QED) is 0.176. The SMILES string of the molecule is CN(C)CC(=O)Nc1ccc(Nc2nccc(-c3c(-c4cccc(NC(=O)c5c(F)cccc5F)c4)nn4ccccc34)n2)cc1. The Labute approximate surface area is 262 Å². The molecule has 10 nitrogen and oxygen atoms in total. The molecular formula is C34H28F2N8O2. The summed E-state index contributed by atoms with van der Waals surface area (Å²) in [4.78, 5) is 35.8. The van der Waals surface area contributed by atoms with Gasteiger partial charge < -0.3 is 20.9 Å². The second kappa shape index (κ2) is 12.9. The van der Waals surface area contributed by atoms with E-state index >= 15 is 0 Å². The van der Waals surface area contributed by atoms with Gasteiger partial charge in [0.2, 0.25) is 11.9 Å². The van der Waals surface area contributed by atoms with Gasteiger partial charge in [-0.05, 0) is 80.8 Å². The first-order valence-corrected chi connectivity index (χ1v) is 14.2. The number of benzene rings is 3. The summed E-state index contributed by atoms with van der Waals surface area (Å²) in [5.74, 6) is -2.58. The molecule has 0 atom stereocenters. The van der Waals surface area contributed by atoms with E-state index in [1.165, 1.54) is 6.07 Å². The van der Waals surface area contributed by atoms with Gasteiger partial charge in [0, 0.05) is 35.0 Å². The maximum absolute atomic E-state index is 14.2. The third kappa shape index (κ3) is 6.56. The van der Waals surface area contributed by atoms with Gasteiger partial charge in [0.25, 0.3) is 5.91 Å². The molecule has 3 aromatic heterocycles. The topological polar surface area (TPSA) is 117 Å². The van der Waals surface area contributed by atoms with Crippen molar-refractivity contribution in [3.8, 4) is 22.5 Å². The van der Waals surface area contributed by atoms with Crippen molar-refractivity contribution in [3.05, 3.63) is 121 Å². The molecule has 230 valence electrons.